The second kappa shape index (κ2) is 7.95. The molecule has 154 valence electrons. The Morgan fingerprint density at radius 2 is 1.97 bits per heavy atom. The summed E-state index contributed by atoms with van der Waals surface area (Å²) in [4.78, 5) is 25.4. The van der Waals surface area contributed by atoms with Crippen LogP contribution in [0.3, 0.4) is 0 Å². The molecule has 7 heteroatoms. The molecular formula is C24H19N3O4. The fourth-order valence-corrected chi connectivity index (χ4v) is 3.69. The summed E-state index contributed by atoms with van der Waals surface area (Å²) >= 11 is 0. The maximum atomic E-state index is 12.9. The quantitative estimate of drug-likeness (QED) is 0.495. The average molecular weight is 413 g/mol. The lowest BCUT2D eigenvalue weighted by Gasteiger charge is -2.25. The lowest BCUT2D eigenvalue weighted by Crippen LogP contribution is -2.23. The Labute approximate surface area is 178 Å². The number of furan rings is 1. The predicted octanol–water partition coefficient (Wildman–Crippen LogP) is 4.23. The van der Waals surface area contributed by atoms with Gasteiger partial charge in [-0.3, -0.25) is 4.79 Å². The highest BCUT2D eigenvalue weighted by Crippen LogP contribution is 2.31. The number of fused-ring (bicyclic) bond motifs is 1. The van der Waals surface area contributed by atoms with Gasteiger partial charge in [0.1, 0.15) is 24.2 Å². The van der Waals surface area contributed by atoms with E-state index in [1.807, 2.05) is 36.4 Å². The van der Waals surface area contributed by atoms with Crippen molar-refractivity contribution in [1.29, 1.82) is 0 Å². The molecule has 0 radical (unpaired) electrons. The number of amides is 1. The van der Waals surface area contributed by atoms with E-state index in [1.165, 1.54) is 0 Å². The van der Waals surface area contributed by atoms with Gasteiger partial charge < -0.3 is 14.5 Å². The first-order valence-corrected chi connectivity index (χ1v) is 9.92. The van der Waals surface area contributed by atoms with Crippen molar-refractivity contribution in [3.8, 4) is 0 Å². The van der Waals surface area contributed by atoms with E-state index >= 15 is 0 Å². The van der Waals surface area contributed by atoms with Crippen LogP contribution in [-0.2, 0) is 17.7 Å². The monoisotopic (exact) mass is 413 g/mol. The molecule has 7 nitrogen and oxygen atoms in total. The van der Waals surface area contributed by atoms with Crippen LogP contribution >= 0.6 is 0 Å². The number of hydrogen-bond acceptors (Lipinski definition) is 5. The van der Waals surface area contributed by atoms with Crippen LogP contribution < -0.4 is 5.32 Å². The van der Waals surface area contributed by atoms with Crippen molar-refractivity contribution in [3.05, 3.63) is 107 Å². The van der Waals surface area contributed by atoms with Crippen LogP contribution in [0.15, 0.2) is 83.6 Å². The third kappa shape index (κ3) is 3.85. The van der Waals surface area contributed by atoms with Crippen molar-refractivity contribution in [1.82, 2.24) is 9.78 Å². The van der Waals surface area contributed by atoms with E-state index in [9.17, 15) is 9.59 Å². The Bertz CT molecular complexity index is 1230. The number of hydrogen-bond donors (Lipinski definition) is 1. The van der Waals surface area contributed by atoms with Gasteiger partial charge in [0.2, 0.25) is 0 Å². The first kappa shape index (κ1) is 18.9. The second-order valence-electron chi connectivity index (χ2n) is 7.29. The van der Waals surface area contributed by atoms with E-state index in [1.54, 1.807) is 47.5 Å². The normalized spacial score (nSPS) is 15.2. The molecule has 0 saturated heterocycles. The number of carbonyl (C=O) groups excluding carboxylic acids is 2. The number of carbonyl (C=O) groups is 2. The van der Waals surface area contributed by atoms with Gasteiger partial charge in [0.05, 0.1) is 18.0 Å². The highest BCUT2D eigenvalue weighted by molar-refractivity contribution is 6.05. The van der Waals surface area contributed by atoms with Crippen LogP contribution in [-0.4, -0.2) is 21.7 Å². The van der Waals surface area contributed by atoms with Gasteiger partial charge in [-0.1, -0.05) is 30.3 Å². The summed E-state index contributed by atoms with van der Waals surface area (Å²) < 4.78 is 12.6. The Morgan fingerprint density at radius 3 is 2.77 bits per heavy atom. The van der Waals surface area contributed by atoms with E-state index in [4.69, 9.17) is 9.15 Å². The molecule has 0 bridgehead atoms. The van der Waals surface area contributed by atoms with Gasteiger partial charge >= 0.3 is 5.97 Å². The fourth-order valence-electron chi connectivity index (χ4n) is 3.69. The van der Waals surface area contributed by atoms with Crippen molar-refractivity contribution >= 4 is 17.7 Å². The highest BCUT2D eigenvalue weighted by atomic mass is 16.5. The molecule has 0 aliphatic carbocycles. The third-order valence-corrected chi connectivity index (χ3v) is 5.26. The number of nitrogens with one attached hydrogen (secondary N) is 1. The molecule has 3 heterocycles. The van der Waals surface area contributed by atoms with Crippen LogP contribution in [0.2, 0.25) is 0 Å². The molecule has 1 aliphatic heterocycles. The predicted molar refractivity (Wildman–Crippen MR) is 113 cm³/mol. The van der Waals surface area contributed by atoms with E-state index in [-0.39, 0.29) is 18.0 Å². The SMILES string of the molecule is O=C(Nc1ccnn1Cc1ccco1)c1ccc2c(c1)C[C@@H](c1ccccc1)OC2=O. The second-order valence-corrected chi connectivity index (χ2v) is 7.29. The summed E-state index contributed by atoms with van der Waals surface area (Å²) in [5.74, 6) is 0.636. The van der Waals surface area contributed by atoms with Gasteiger partial charge in [0.15, 0.2) is 0 Å². The minimum Gasteiger partial charge on any atom is -0.467 e. The maximum Gasteiger partial charge on any atom is 0.339 e. The summed E-state index contributed by atoms with van der Waals surface area (Å²) in [5, 5.41) is 7.13. The molecule has 1 aliphatic rings. The molecule has 0 spiro atoms. The van der Waals surface area contributed by atoms with Gasteiger partial charge in [-0.2, -0.15) is 5.10 Å². The minimum absolute atomic E-state index is 0.279. The van der Waals surface area contributed by atoms with E-state index in [0.717, 1.165) is 16.9 Å². The molecule has 0 saturated carbocycles. The number of esters is 1. The zero-order chi connectivity index (χ0) is 21.2. The molecule has 0 unspecified atom stereocenters. The zero-order valence-electron chi connectivity index (χ0n) is 16.5. The lowest BCUT2D eigenvalue weighted by atomic mass is 9.93. The van der Waals surface area contributed by atoms with Gasteiger partial charge in [-0.25, -0.2) is 9.48 Å². The zero-order valence-corrected chi connectivity index (χ0v) is 16.5. The minimum atomic E-state index is -0.376. The molecule has 0 fully saturated rings. The topological polar surface area (TPSA) is 86.4 Å². The average Bonchev–Trinajstić information content (AvgIpc) is 3.46. The molecular weight excluding hydrogens is 394 g/mol. The highest BCUT2D eigenvalue weighted by Gasteiger charge is 2.28. The molecule has 1 amide bonds. The molecule has 1 atom stereocenters. The van der Waals surface area contributed by atoms with Crippen molar-refractivity contribution < 1.29 is 18.7 Å². The van der Waals surface area contributed by atoms with Crippen molar-refractivity contribution in [2.75, 3.05) is 5.32 Å². The van der Waals surface area contributed by atoms with E-state index < -0.39 is 0 Å². The molecule has 5 rings (SSSR count). The van der Waals surface area contributed by atoms with Crippen LogP contribution in [0.4, 0.5) is 5.82 Å². The number of rotatable bonds is 5. The summed E-state index contributed by atoms with van der Waals surface area (Å²) in [6.07, 6.45) is 3.36. The summed E-state index contributed by atoms with van der Waals surface area (Å²) in [7, 11) is 0. The number of anilines is 1. The number of benzene rings is 2. The van der Waals surface area contributed by atoms with Gasteiger partial charge in [0.25, 0.3) is 5.91 Å². The van der Waals surface area contributed by atoms with Crippen LogP contribution in [0, 0.1) is 0 Å². The summed E-state index contributed by atoms with van der Waals surface area (Å²) in [5.41, 5.74) is 2.68. The van der Waals surface area contributed by atoms with Gasteiger partial charge in [-0.05, 0) is 41.5 Å². The maximum absolute atomic E-state index is 12.9. The van der Waals surface area contributed by atoms with Crippen LogP contribution in [0.25, 0.3) is 0 Å². The van der Waals surface area contributed by atoms with Crippen molar-refractivity contribution in [3.63, 3.8) is 0 Å². The van der Waals surface area contributed by atoms with Crippen LogP contribution in [0.5, 0.6) is 0 Å². The third-order valence-electron chi connectivity index (χ3n) is 5.26. The Kier molecular flexibility index (Phi) is 4.84. The van der Waals surface area contributed by atoms with E-state index in [0.29, 0.717) is 29.9 Å². The number of aromatic nitrogens is 2. The Hall–Kier alpha value is -4.13. The summed E-state index contributed by atoms with van der Waals surface area (Å²) in [6.45, 7) is 0.407. The van der Waals surface area contributed by atoms with E-state index in [2.05, 4.69) is 10.4 Å². The molecule has 4 aromatic rings. The number of nitrogens with zero attached hydrogens (tertiary/aromatic N) is 2. The van der Waals surface area contributed by atoms with Crippen LogP contribution in [0.1, 0.15) is 43.7 Å². The van der Waals surface area contributed by atoms with Crippen molar-refractivity contribution in [2.24, 2.45) is 0 Å². The Morgan fingerprint density at radius 1 is 1.10 bits per heavy atom. The number of ether oxygens (including phenoxy) is 1. The largest absolute Gasteiger partial charge is 0.467 e. The first-order chi connectivity index (χ1) is 15.2. The van der Waals surface area contributed by atoms with Gasteiger partial charge in [-0.15, -0.1) is 0 Å². The smallest absolute Gasteiger partial charge is 0.339 e. The van der Waals surface area contributed by atoms with Gasteiger partial charge in [0, 0.05) is 18.1 Å². The first-order valence-electron chi connectivity index (χ1n) is 9.92. The summed E-state index contributed by atoms with van der Waals surface area (Å²) in [6, 6.07) is 20.0. The number of cyclic esters (lactones) is 1. The molecule has 2 aromatic heterocycles. The lowest BCUT2D eigenvalue weighted by molar-refractivity contribution is 0.0252. The van der Waals surface area contributed by atoms with Crippen molar-refractivity contribution in [2.45, 2.75) is 19.1 Å². The molecule has 31 heavy (non-hydrogen) atoms. The molecule has 2 aromatic carbocycles. The standard InChI is InChI=1S/C24H19N3O4/c28-23(26-22-10-11-25-27(22)15-19-7-4-12-30-19)17-8-9-20-18(13-17)14-21(31-24(20)29)16-5-2-1-3-6-16/h1-13,21H,14-15H2,(H,26,28)/t21-/m0/s1. The molecule has 1 N–H and O–H groups in total. The Balaban J connectivity index is 1.36. The fraction of sp³-hybridized carbons (Fsp3) is 0.125.